The number of piperidine rings is 1. The number of carboxylic acids is 1. The summed E-state index contributed by atoms with van der Waals surface area (Å²) in [5.74, 6) is -0.945. The third kappa shape index (κ3) is 4.11. The van der Waals surface area contributed by atoms with Crippen LogP contribution in [0.1, 0.15) is 34.3 Å². The minimum absolute atomic E-state index is 0.0732. The van der Waals surface area contributed by atoms with Crippen LogP contribution in [-0.2, 0) is 22.4 Å². The lowest BCUT2D eigenvalue weighted by atomic mass is 9.91. The molecular weight excluding hydrogens is 444 g/mol. The summed E-state index contributed by atoms with van der Waals surface area (Å²) >= 11 is 0. The Balaban J connectivity index is 1.26. The van der Waals surface area contributed by atoms with Gasteiger partial charge in [-0.1, -0.05) is 48.5 Å². The Hall–Kier alpha value is -3.87. The number of fused-ring (bicyclic) bond motifs is 2. The molecule has 1 fully saturated rings. The van der Waals surface area contributed by atoms with Gasteiger partial charge in [0.05, 0.1) is 7.11 Å². The predicted octanol–water partition coefficient (Wildman–Crippen LogP) is 3.44. The molecule has 1 aliphatic carbocycles. The SMILES string of the molecule is COc1ccc(C(=O)N2CCC(C(=O)NC3(C(=O)O)Cc4ccccc4C3)CC2)c2ccccc12. The fourth-order valence-electron chi connectivity index (χ4n) is 5.40. The van der Waals surface area contributed by atoms with Crippen LogP contribution >= 0.6 is 0 Å². The van der Waals surface area contributed by atoms with Gasteiger partial charge in [-0.25, -0.2) is 4.79 Å². The van der Waals surface area contributed by atoms with E-state index in [0.717, 1.165) is 21.9 Å². The van der Waals surface area contributed by atoms with Crippen molar-refractivity contribution in [2.24, 2.45) is 5.92 Å². The minimum atomic E-state index is -1.31. The van der Waals surface area contributed by atoms with Gasteiger partial charge in [-0.05, 0) is 41.5 Å². The van der Waals surface area contributed by atoms with Gasteiger partial charge in [0, 0.05) is 42.8 Å². The predicted molar refractivity (Wildman–Crippen MR) is 131 cm³/mol. The molecule has 0 unspecified atom stereocenters. The van der Waals surface area contributed by atoms with Crippen molar-refractivity contribution in [3.8, 4) is 5.75 Å². The van der Waals surface area contributed by atoms with E-state index in [-0.39, 0.29) is 30.6 Å². The van der Waals surface area contributed by atoms with Crippen LogP contribution in [0.2, 0.25) is 0 Å². The number of likely N-dealkylation sites (tertiary alicyclic amines) is 1. The Bertz CT molecular complexity index is 1280. The van der Waals surface area contributed by atoms with Gasteiger partial charge in [-0.3, -0.25) is 9.59 Å². The first-order valence-electron chi connectivity index (χ1n) is 11.9. The van der Waals surface area contributed by atoms with Crippen molar-refractivity contribution >= 4 is 28.6 Å². The van der Waals surface area contributed by atoms with E-state index in [4.69, 9.17) is 4.74 Å². The molecule has 0 saturated carbocycles. The van der Waals surface area contributed by atoms with Crippen molar-refractivity contribution in [1.82, 2.24) is 10.2 Å². The van der Waals surface area contributed by atoms with Crippen LogP contribution in [0, 0.1) is 5.92 Å². The molecule has 3 aromatic carbocycles. The summed E-state index contributed by atoms with van der Waals surface area (Å²) in [7, 11) is 1.61. The normalized spacial score (nSPS) is 17.1. The number of benzene rings is 3. The highest BCUT2D eigenvalue weighted by molar-refractivity contribution is 6.08. The molecule has 5 rings (SSSR count). The van der Waals surface area contributed by atoms with Crippen molar-refractivity contribution in [2.45, 2.75) is 31.2 Å². The zero-order valence-electron chi connectivity index (χ0n) is 19.6. The third-order valence-electron chi connectivity index (χ3n) is 7.36. The van der Waals surface area contributed by atoms with Crippen LogP contribution in [0.3, 0.4) is 0 Å². The van der Waals surface area contributed by atoms with E-state index in [1.807, 2.05) is 48.5 Å². The molecule has 0 atom stereocenters. The highest BCUT2D eigenvalue weighted by Crippen LogP contribution is 2.32. The molecule has 7 heteroatoms. The molecule has 2 N–H and O–H groups in total. The van der Waals surface area contributed by atoms with E-state index >= 15 is 0 Å². The molecule has 2 aliphatic rings. The number of hydrogen-bond donors (Lipinski definition) is 2. The van der Waals surface area contributed by atoms with Gasteiger partial charge >= 0.3 is 5.97 Å². The Morgan fingerprint density at radius 2 is 1.51 bits per heavy atom. The molecule has 1 saturated heterocycles. The van der Waals surface area contributed by atoms with Crippen molar-refractivity contribution in [3.05, 3.63) is 77.4 Å². The van der Waals surface area contributed by atoms with Crippen LogP contribution in [-0.4, -0.2) is 53.5 Å². The number of ether oxygens (including phenoxy) is 1. The van der Waals surface area contributed by atoms with Gasteiger partial charge in [-0.15, -0.1) is 0 Å². The van der Waals surface area contributed by atoms with E-state index in [1.165, 1.54) is 0 Å². The van der Waals surface area contributed by atoms with Gasteiger partial charge < -0.3 is 20.1 Å². The average Bonchev–Trinajstić information content (AvgIpc) is 3.27. The van der Waals surface area contributed by atoms with E-state index in [9.17, 15) is 19.5 Å². The summed E-state index contributed by atoms with van der Waals surface area (Å²) in [5, 5.41) is 14.6. The quantitative estimate of drug-likeness (QED) is 0.593. The lowest BCUT2D eigenvalue weighted by Crippen LogP contribution is -2.57. The fraction of sp³-hybridized carbons (Fsp3) is 0.321. The number of nitrogens with zero attached hydrogens (tertiary/aromatic N) is 1. The molecular formula is C28H28N2O5. The van der Waals surface area contributed by atoms with Gasteiger partial charge in [0.25, 0.3) is 5.91 Å². The number of nitrogens with one attached hydrogen (secondary N) is 1. The van der Waals surface area contributed by atoms with E-state index in [0.29, 0.717) is 37.2 Å². The monoisotopic (exact) mass is 472 g/mol. The van der Waals surface area contributed by atoms with Crippen molar-refractivity contribution < 1.29 is 24.2 Å². The van der Waals surface area contributed by atoms with E-state index in [2.05, 4.69) is 5.32 Å². The molecule has 2 amide bonds. The highest BCUT2D eigenvalue weighted by Gasteiger charge is 2.46. The maximum atomic E-state index is 13.3. The smallest absolute Gasteiger partial charge is 0.330 e. The van der Waals surface area contributed by atoms with Gasteiger partial charge in [0.1, 0.15) is 11.3 Å². The molecule has 0 spiro atoms. The van der Waals surface area contributed by atoms with Crippen molar-refractivity contribution in [1.29, 1.82) is 0 Å². The highest BCUT2D eigenvalue weighted by atomic mass is 16.5. The van der Waals surface area contributed by atoms with Crippen LogP contribution in [0.15, 0.2) is 60.7 Å². The van der Waals surface area contributed by atoms with E-state index < -0.39 is 11.5 Å². The van der Waals surface area contributed by atoms with E-state index in [1.54, 1.807) is 24.1 Å². The van der Waals surface area contributed by atoms with Gasteiger partial charge in [-0.2, -0.15) is 0 Å². The number of aliphatic carboxylic acids is 1. The number of hydrogen-bond acceptors (Lipinski definition) is 4. The lowest BCUT2D eigenvalue weighted by Gasteiger charge is -2.34. The van der Waals surface area contributed by atoms with Crippen LogP contribution in [0.4, 0.5) is 0 Å². The Labute approximate surface area is 203 Å². The van der Waals surface area contributed by atoms with Gasteiger partial charge in [0.15, 0.2) is 0 Å². The summed E-state index contributed by atoms with van der Waals surface area (Å²) < 4.78 is 5.44. The molecule has 1 aliphatic heterocycles. The standard InChI is InChI=1S/C28H28N2O5/c1-35-24-11-10-23(21-8-4-5-9-22(21)24)26(32)30-14-12-18(13-15-30)25(31)29-28(27(33)34)16-19-6-2-3-7-20(19)17-28/h2-11,18H,12-17H2,1H3,(H,29,31)(H,33,34). The van der Waals surface area contributed by atoms with Crippen molar-refractivity contribution in [3.63, 3.8) is 0 Å². The second-order valence-corrected chi connectivity index (χ2v) is 9.43. The molecule has 7 nitrogen and oxygen atoms in total. The molecule has 35 heavy (non-hydrogen) atoms. The Kier molecular flexibility index (Phi) is 5.93. The topological polar surface area (TPSA) is 95.9 Å². The number of carboxylic acid groups (broad SMARTS) is 1. The number of amides is 2. The van der Waals surface area contributed by atoms with Crippen LogP contribution < -0.4 is 10.1 Å². The fourth-order valence-corrected chi connectivity index (χ4v) is 5.40. The van der Waals surface area contributed by atoms with Crippen LogP contribution in [0.25, 0.3) is 10.8 Å². The number of carbonyl (C=O) groups excluding carboxylic acids is 2. The number of rotatable bonds is 5. The summed E-state index contributed by atoms with van der Waals surface area (Å²) in [6, 6.07) is 18.9. The molecule has 0 radical (unpaired) electrons. The first-order valence-corrected chi connectivity index (χ1v) is 11.9. The average molecular weight is 473 g/mol. The molecule has 0 aromatic heterocycles. The first kappa shape index (κ1) is 22.9. The van der Waals surface area contributed by atoms with Gasteiger partial charge in [0.2, 0.25) is 5.91 Å². The molecule has 3 aromatic rings. The second kappa shape index (κ2) is 9.06. The molecule has 0 bridgehead atoms. The zero-order valence-corrected chi connectivity index (χ0v) is 19.6. The first-order chi connectivity index (χ1) is 16.9. The summed E-state index contributed by atoms with van der Waals surface area (Å²) in [4.78, 5) is 40.4. The van der Waals surface area contributed by atoms with Crippen molar-refractivity contribution in [2.75, 3.05) is 20.2 Å². The largest absolute Gasteiger partial charge is 0.496 e. The number of methoxy groups -OCH3 is 1. The maximum Gasteiger partial charge on any atom is 0.330 e. The minimum Gasteiger partial charge on any atom is -0.496 e. The third-order valence-corrected chi connectivity index (χ3v) is 7.36. The second-order valence-electron chi connectivity index (χ2n) is 9.43. The Morgan fingerprint density at radius 1 is 0.914 bits per heavy atom. The summed E-state index contributed by atoms with van der Waals surface area (Å²) in [6.45, 7) is 0.884. The lowest BCUT2D eigenvalue weighted by molar-refractivity contribution is -0.148. The number of carbonyl (C=O) groups is 3. The zero-order chi connectivity index (χ0) is 24.6. The maximum absolute atomic E-state index is 13.3. The summed E-state index contributed by atoms with van der Waals surface area (Å²) in [6.07, 6.45) is 1.56. The Morgan fingerprint density at radius 3 is 2.11 bits per heavy atom. The van der Waals surface area contributed by atoms with Crippen LogP contribution in [0.5, 0.6) is 5.75 Å². The summed E-state index contributed by atoms with van der Waals surface area (Å²) in [5.41, 5.74) is 1.22. The molecule has 180 valence electrons. The molecule has 1 heterocycles.